The highest BCUT2D eigenvalue weighted by Crippen LogP contribution is 2.27. The molecule has 1 aromatic carbocycles. The molecule has 1 aliphatic rings. The molecule has 0 spiro atoms. The van der Waals surface area contributed by atoms with Crippen molar-refractivity contribution >= 4 is 22.8 Å². The minimum Gasteiger partial charge on any atom is -0.481 e. The summed E-state index contributed by atoms with van der Waals surface area (Å²) in [5.41, 5.74) is 4.14. The minimum absolute atomic E-state index is 0.118. The zero-order valence-electron chi connectivity index (χ0n) is 16.4. The first-order valence-electron chi connectivity index (χ1n) is 9.43. The molecule has 0 saturated carbocycles. The number of aryl methyl sites for hydroxylation is 2. The number of carbonyl (C=O) groups is 1. The summed E-state index contributed by atoms with van der Waals surface area (Å²) < 4.78 is 10.9. The fourth-order valence-electron chi connectivity index (χ4n) is 3.55. The second-order valence-electron chi connectivity index (χ2n) is 7.09. The van der Waals surface area contributed by atoms with Gasteiger partial charge in [-0.3, -0.25) is 4.79 Å². The number of hydrogen-bond donors (Lipinski definition) is 0. The summed E-state index contributed by atoms with van der Waals surface area (Å²) in [5.74, 6) is 1.30. The van der Waals surface area contributed by atoms with Gasteiger partial charge >= 0.3 is 0 Å². The lowest BCUT2D eigenvalue weighted by atomic mass is 10.0. The van der Waals surface area contributed by atoms with Gasteiger partial charge in [0, 0.05) is 49.4 Å². The third-order valence-electron chi connectivity index (χ3n) is 5.43. The van der Waals surface area contributed by atoms with Crippen molar-refractivity contribution in [3.8, 4) is 5.88 Å². The molecule has 0 aliphatic carbocycles. The van der Waals surface area contributed by atoms with Crippen molar-refractivity contribution in [3.63, 3.8) is 0 Å². The van der Waals surface area contributed by atoms with E-state index < -0.39 is 0 Å². The summed E-state index contributed by atoms with van der Waals surface area (Å²) in [6.45, 7) is 6.80. The molecule has 3 aromatic rings. The first-order valence-corrected chi connectivity index (χ1v) is 9.43. The molecule has 1 amide bonds. The van der Waals surface area contributed by atoms with Gasteiger partial charge in [-0.05, 0) is 25.0 Å². The van der Waals surface area contributed by atoms with Crippen molar-refractivity contribution in [2.75, 3.05) is 38.2 Å². The third-order valence-corrected chi connectivity index (χ3v) is 5.43. The fourth-order valence-corrected chi connectivity index (χ4v) is 3.55. The Balaban J connectivity index is 1.41. The molecule has 7 heteroatoms. The van der Waals surface area contributed by atoms with E-state index in [9.17, 15) is 4.79 Å². The van der Waals surface area contributed by atoms with Crippen molar-refractivity contribution in [3.05, 3.63) is 47.3 Å². The Bertz CT molecular complexity index is 1010. The molecule has 0 radical (unpaired) electrons. The highest BCUT2D eigenvalue weighted by atomic mass is 16.5. The molecule has 1 fully saturated rings. The molecule has 4 rings (SSSR count). The van der Waals surface area contributed by atoms with Crippen LogP contribution in [0.3, 0.4) is 0 Å². The predicted octanol–water partition coefficient (Wildman–Crippen LogP) is 2.74. The van der Waals surface area contributed by atoms with E-state index in [-0.39, 0.29) is 5.91 Å². The molecule has 3 heterocycles. The predicted molar refractivity (Wildman–Crippen MR) is 107 cm³/mol. The average molecular weight is 380 g/mol. The summed E-state index contributed by atoms with van der Waals surface area (Å²) in [6.07, 6.45) is 3.76. The summed E-state index contributed by atoms with van der Waals surface area (Å²) in [4.78, 5) is 25.5. The van der Waals surface area contributed by atoms with Crippen molar-refractivity contribution in [2.24, 2.45) is 0 Å². The van der Waals surface area contributed by atoms with Gasteiger partial charge in [0.15, 0.2) is 0 Å². The Hall–Kier alpha value is -3.09. The number of hydrogen-bond acceptors (Lipinski definition) is 6. The Labute approximate surface area is 163 Å². The monoisotopic (exact) mass is 380 g/mol. The average Bonchev–Trinajstić information content (AvgIpc) is 3.14. The number of amides is 1. The van der Waals surface area contributed by atoms with Gasteiger partial charge in [-0.15, -0.1) is 0 Å². The van der Waals surface area contributed by atoms with Crippen LogP contribution >= 0.6 is 0 Å². The molecule has 0 N–H and O–H groups in total. The van der Waals surface area contributed by atoms with Crippen LogP contribution < -0.4 is 9.64 Å². The molecule has 0 bridgehead atoms. The Kier molecular flexibility index (Phi) is 4.90. The van der Waals surface area contributed by atoms with E-state index in [4.69, 9.17) is 9.15 Å². The number of piperazine rings is 1. The third kappa shape index (κ3) is 3.40. The van der Waals surface area contributed by atoms with Gasteiger partial charge in [0.1, 0.15) is 5.58 Å². The normalized spacial score (nSPS) is 14.5. The largest absolute Gasteiger partial charge is 0.481 e. The van der Waals surface area contributed by atoms with E-state index in [2.05, 4.69) is 27.9 Å². The number of carbonyl (C=O) groups excluding carboxylic acids is 1. The maximum absolute atomic E-state index is 12.8. The van der Waals surface area contributed by atoms with E-state index in [1.165, 1.54) is 5.56 Å². The van der Waals surface area contributed by atoms with Crippen LogP contribution in [0.15, 0.2) is 35.1 Å². The lowest BCUT2D eigenvalue weighted by Crippen LogP contribution is -2.49. The molecule has 28 heavy (non-hydrogen) atoms. The number of rotatable bonds is 4. The van der Waals surface area contributed by atoms with Crippen LogP contribution in [0.1, 0.15) is 16.7 Å². The Morgan fingerprint density at radius 3 is 2.71 bits per heavy atom. The SMILES string of the molecule is COc1ccnc(N2CCN(C(=O)Cc3coc4c(C)c(C)ccc34)CC2)n1. The lowest BCUT2D eigenvalue weighted by molar-refractivity contribution is -0.130. The maximum Gasteiger partial charge on any atom is 0.228 e. The van der Waals surface area contributed by atoms with Crippen LogP contribution in [0.25, 0.3) is 11.0 Å². The number of anilines is 1. The number of ether oxygens (including phenoxy) is 1. The molecule has 0 atom stereocenters. The van der Waals surface area contributed by atoms with Crippen molar-refractivity contribution < 1.29 is 13.9 Å². The summed E-state index contributed by atoms with van der Waals surface area (Å²) >= 11 is 0. The smallest absolute Gasteiger partial charge is 0.228 e. The van der Waals surface area contributed by atoms with E-state index >= 15 is 0 Å². The van der Waals surface area contributed by atoms with E-state index in [0.717, 1.165) is 22.1 Å². The summed E-state index contributed by atoms with van der Waals surface area (Å²) in [6, 6.07) is 5.84. The minimum atomic E-state index is 0.118. The molecular formula is C21H24N4O3. The number of methoxy groups -OCH3 is 1. The van der Waals surface area contributed by atoms with Gasteiger partial charge in [-0.25, -0.2) is 4.98 Å². The van der Waals surface area contributed by atoms with Gasteiger partial charge in [0.25, 0.3) is 0 Å². The van der Waals surface area contributed by atoms with Crippen LogP contribution in [-0.4, -0.2) is 54.1 Å². The molecule has 7 nitrogen and oxygen atoms in total. The number of aromatic nitrogens is 2. The van der Waals surface area contributed by atoms with Crippen LogP contribution in [0.4, 0.5) is 5.95 Å². The van der Waals surface area contributed by atoms with E-state index in [1.54, 1.807) is 25.6 Å². The van der Waals surface area contributed by atoms with Gasteiger partial charge in [0.2, 0.25) is 17.7 Å². The van der Waals surface area contributed by atoms with Crippen molar-refractivity contribution in [1.82, 2.24) is 14.9 Å². The van der Waals surface area contributed by atoms with Crippen LogP contribution in [-0.2, 0) is 11.2 Å². The zero-order chi connectivity index (χ0) is 19.7. The van der Waals surface area contributed by atoms with Crippen molar-refractivity contribution in [1.29, 1.82) is 0 Å². The maximum atomic E-state index is 12.8. The Morgan fingerprint density at radius 1 is 1.18 bits per heavy atom. The standard InChI is InChI=1S/C21H24N4O3/c1-14-4-5-17-16(13-28-20(17)15(14)2)12-19(26)24-8-10-25(11-9-24)21-22-7-6-18(23-21)27-3/h4-7,13H,8-12H2,1-3H3. The van der Waals surface area contributed by atoms with Crippen LogP contribution in [0.5, 0.6) is 5.88 Å². The first-order chi connectivity index (χ1) is 13.6. The lowest BCUT2D eigenvalue weighted by Gasteiger charge is -2.34. The topological polar surface area (TPSA) is 71.7 Å². The fraction of sp³-hybridized carbons (Fsp3) is 0.381. The first kappa shape index (κ1) is 18.3. The second kappa shape index (κ2) is 7.50. The summed E-state index contributed by atoms with van der Waals surface area (Å²) in [7, 11) is 1.59. The Morgan fingerprint density at radius 2 is 1.96 bits per heavy atom. The van der Waals surface area contributed by atoms with Gasteiger partial charge in [0.05, 0.1) is 19.8 Å². The second-order valence-corrected chi connectivity index (χ2v) is 7.09. The molecule has 146 valence electrons. The van der Waals surface area contributed by atoms with Crippen LogP contribution in [0.2, 0.25) is 0 Å². The number of nitrogens with zero attached hydrogens (tertiary/aromatic N) is 4. The van der Waals surface area contributed by atoms with E-state index in [1.807, 2.05) is 17.9 Å². The molecule has 0 unspecified atom stereocenters. The van der Waals surface area contributed by atoms with Crippen molar-refractivity contribution in [2.45, 2.75) is 20.3 Å². The van der Waals surface area contributed by atoms with E-state index in [0.29, 0.717) is 44.4 Å². The molecule has 1 aliphatic heterocycles. The molecule has 2 aromatic heterocycles. The number of benzene rings is 1. The van der Waals surface area contributed by atoms with Gasteiger partial charge in [-0.2, -0.15) is 4.98 Å². The van der Waals surface area contributed by atoms with Gasteiger partial charge in [-0.1, -0.05) is 12.1 Å². The number of furan rings is 1. The highest BCUT2D eigenvalue weighted by Gasteiger charge is 2.24. The molecular weight excluding hydrogens is 356 g/mol. The highest BCUT2D eigenvalue weighted by molar-refractivity contribution is 5.89. The molecule has 1 saturated heterocycles. The van der Waals surface area contributed by atoms with Gasteiger partial charge < -0.3 is 19.0 Å². The number of fused-ring (bicyclic) bond motifs is 1. The summed E-state index contributed by atoms with van der Waals surface area (Å²) in [5, 5.41) is 1.03. The van der Waals surface area contributed by atoms with Crippen LogP contribution in [0, 0.1) is 13.8 Å². The zero-order valence-corrected chi connectivity index (χ0v) is 16.4. The quantitative estimate of drug-likeness (QED) is 0.693.